The molecule has 2 aromatic heterocycles. The fraction of sp³-hybridized carbons (Fsp3) is 0.389. The molecular formula is C18H21ClN4O3. The van der Waals surface area contributed by atoms with E-state index in [0.717, 1.165) is 5.56 Å². The zero-order chi connectivity index (χ0) is 18.8. The average molecular weight is 377 g/mol. The van der Waals surface area contributed by atoms with Crippen LogP contribution in [-0.2, 0) is 17.8 Å². The third-order valence-corrected chi connectivity index (χ3v) is 4.31. The Morgan fingerprint density at radius 1 is 1.19 bits per heavy atom. The Kier molecular flexibility index (Phi) is 5.29. The van der Waals surface area contributed by atoms with Gasteiger partial charge >= 0.3 is 5.69 Å². The molecule has 0 bridgehead atoms. The van der Waals surface area contributed by atoms with Crippen LogP contribution in [0.15, 0.2) is 33.9 Å². The highest BCUT2D eigenvalue weighted by molar-refractivity contribution is 6.30. The Morgan fingerprint density at radius 2 is 1.88 bits per heavy atom. The third kappa shape index (κ3) is 3.45. The fourth-order valence-electron chi connectivity index (χ4n) is 2.93. The minimum Gasteiger partial charge on any atom is -0.383 e. The molecule has 2 heterocycles. The van der Waals surface area contributed by atoms with Gasteiger partial charge in [-0.05, 0) is 30.2 Å². The topological polar surface area (TPSA) is 81.9 Å². The molecule has 0 atom stereocenters. The molecule has 26 heavy (non-hydrogen) atoms. The van der Waals surface area contributed by atoms with Crippen LogP contribution in [-0.4, -0.2) is 32.8 Å². The first-order valence-corrected chi connectivity index (χ1v) is 8.78. The lowest BCUT2D eigenvalue weighted by Gasteiger charge is -2.10. The quantitative estimate of drug-likeness (QED) is 0.716. The fourth-order valence-corrected chi connectivity index (χ4v) is 3.05. The first-order valence-electron chi connectivity index (χ1n) is 8.40. The summed E-state index contributed by atoms with van der Waals surface area (Å²) in [5.41, 5.74) is 0.662. The Hall–Kier alpha value is -2.38. The van der Waals surface area contributed by atoms with Gasteiger partial charge in [-0.1, -0.05) is 25.4 Å². The van der Waals surface area contributed by atoms with Crippen LogP contribution in [0.5, 0.6) is 0 Å². The van der Waals surface area contributed by atoms with Crippen LogP contribution >= 0.6 is 11.6 Å². The van der Waals surface area contributed by atoms with Gasteiger partial charge in [0.15, 0.2) is 11.2 Å². The highest BCUT2D eigenvalue weighted by Gasteiger charge is 2.20. The number of halogens is 1. The second-order valence-electron chi connectivity index (χ2n) is 6.52. The van der Waals surface area contributed by atoms with Crippen molar-refractivity contribution >= 4 is 22.8 Å². The molecule has 0 unspecified atom stereocenters. The molecule has 138 valence electrons. The van der Waals surface area contributed by atoms with Crippen LogP contribution in [0, 0.1) is 5.92 Å². The molecule has 8 heteroatoms. The van der Waals surface area contributed by atoms with Crippen LogP contribution in [0.2, 0.25) is 5.02 Å². The largest absolute Gasteiger partial charge is 0.383 e. The van der Waals surface area contributed by atoms with Gasteiger partial charge in [-0.25, -0.2) is 9.78 Å². The summed E-state index contributed by atoms with van der Waals surface area (Å²) in [6.45, 7) is 5.33. The Labute approximate surface area is 155 Å². The Morgan fingerprint density at radius 3 is 2.50 bits per heavy atom. The van der Waals surface area contributed by atoms with Crippen molar-refractivity contribution in [2.75, 3.05) is 13.7 Å². The highest BCUT2D eigenvalue weighted by atomic mass is 35.5. The number of methoxy groups -OCH3 is 1. The van der Waals surface area contributed by atoms with Crippen molar-refractivity contribution in [3.63, 3.8) is 0 Å². The van der Waals surface area contributed by atoms with E-state index >= 15 is 0 Å². The van der Waals surface area contributed by atoms with Crippen molar-refractivity contribution in [1.82, 2.24) is 19.1 Å². The van der Waals surface area contributed by atoms with E-state index < -0.39 is 11.2 Å². The number of ether oxygens (including phenoxy) is 1. The minimum absolute atomic E-state index is 0.227. The van der Waals surface area contributed by atoms with E-state index in [0.29, 0.717) is 41.7 Å². The number of imidazole rings is 1. The summed E-state index contributed by atoms with van der Waals surface area (Å²) >= 11 is 5.98. The van der Waals surface area contributed by atoms with Gasteiger partial charge in [-0.2, -0.15) is 0 Å². The van der Waals surface area contributed by atoms with E-state index in [1.54, 1.807) is 23.8 Å². The first-order chi connectivity index (χ1) is 12.4. The SMILES string of the molecule is COCCn1c(-c2ccc(Cl)cc2)nc2c1c(=O)[nH]c(=O)n2CC(C)C. The van der Waals surface area contributed by atoms with E-state index in [1.807, 2.05) is 26.0 Å². The van der Waals surface area contributed by atoms with Gasteiger partial charge in [-0.15, -0.1) is 0 Å². The maximum Gasteiger partial charge on any atom is 0.330 e. The van der Waals surface area contributed by atoms with Crippen molar-refractivity contribution in [1.29, 1.82) is 0 Å². The normalized spacial score (nSPS) is 11.6. The number of rotatable bonds is 6. The molecule has 3 rings (SSSR count). The minimum atomic E-state index is -0.450. The van der Waals surface area contributed by atoms with Gasteiger partial charge in [0.1, 0.15) is 5.82 Å². The molecule has 1 aromatic carbocycles. The summed E-state index contributed by atoms with van der Waals surface area (Å²) in [6, 6.07) is 7.21. The monoisotopic (exact) mass is 376 g/mol. The van der Waals surface area contributed by atoms with Crippen molar-refractivity contribution in [3.8, 4) is 11.4 Å². The molecular weight excluding hydrogens is 356 g/mol. The van der Waals surface area contributed by atoms with Gasteiger partial charge in [0.2, 0.25) is 0 Å². The maximum absolute atomic E-state index is 12.5. The predicted molar refractivity (Wildman–Crippen MR) is 102 cm³/mol. The second-order valence-corrected chi connectivity index (χ2v) is 6.96. The van der Waals surface area contributed by atoms with Crippen LogP contribution in [0.25, 0.3) is 22.6 Å². The summed E-state index contributed by atoms with van der Waals surface area (Å²) in [7, 11) is 1.60. The van der Waals surface area contributed by atoms with Gasteiger partial charge in [-0.3, -0.25) is 14.3 Å². The van der Waals surface area contributed by atoms with Crippen molar-refractivity contribution < 1.29 is 4.74 Å². The lowest BCUT2D eigenvalue weighted by molar-refractivity contribution is 0.188. The van der Waals surface area contributed by atoms with E-state index in [2.05, 4.69) is 9.97 Å². The smallest absolute Gasteiger partial charge is 0.330 e. The summed E-state index contributed by atoms with van der Waals surface area (Å²) in [5, 5.41) is 0.614. The van der Waals surface area contributed by atoms with E-state index in [1.165, 1.54) is 4.57 Å². The lowest BCUT2D eigenvalue weighted by Crippen LogP contribution is -2.32. The molecule has 0 amide bonds. The number of benzene rings is 1. The molecule has 0 aliphatic heterocycles. The number of hydrogen-bond acceptors (Lipinski definition) is 4. The van der Waals surface area contributed by atoms with Gasteiger partial charge in [0.25, 0.3) is 5.56 Å². The average Bonchev–Trinajstić information content (AvgIpc) is 2.97. The number of nitrogens with zero attached hydrogens (tertiary/aromatic N) is 3. The summed E-state index contributed by atoms with van der Waals surface area (Å²) in [6.07, 6.45) is 0. The van der Waals surface area contributed by atoms with Crippen LogP contribution < -0.4 is 11.2 Å². The molecule has 0 spiro atoms. The number of nitrogens with one attached hydrogen (secondary N) is 1. The summed E-state index contributed by atoms with van der Waals surface area (Å²) in [5.74, 6) is 0.826. The third-order valence-electron chi connectivity index (χ3n) is 4.05. The van der Waals surface area contributed by atoms with Crippen LogP contribution in [0.3, 0.4) is 0 Å². The molecule has 0 radical (unpaired) electrons. The van der Waals surface area contributed by atoms with Gasteiger partial charge in [0.05, 0.1) is 6.61 Å². The number of H-pyrrole nitrogens is 1. The van der Waals surface area contributed by atoms with Crippen LogP contribution in [0.4, 0.5) is 0 Å². The zero-order valence-electron chi connectivity index (χ0n) is 15.0. The Bertz CT molecular complexity index is 1030. The molecule has 0 aliphatic carbocycles. The van der Waals surface area contributed by atoms with E-state index in [-0.39, 0.29) is 5.92 Å². The van der Waals surface area contributed by atoms with Gasteiger partial charge < -0.3 is 9.30 Å². The van der Waals surface area contributed by atoms with Crippen molar-refractivity contribution in [3.05, 3.63) is 50.1 Å². The van der Waals surface area contributed by atoms with Gasteiger partial charge in [0, 0.05) is 30.8 Å². The molecule has 1 N–H and O–H groups in total. The molecule has 0 saturated heterocycles. The molecule has 0 saturated carbocycles. The lowest BCUT2D eigenvalue weighted by atomic mass is 10.2. The summed E-state index contributed by atoms with van der Waals surface area (Å²) in [4.78, 5) is 31.9. The number of fused-ring (bicyclic) bond motifs is 1. The number of aromatic amines is 1. The van der Waals surface area contributed by atoms with E-state index in [4.69, 9.17) is 16.3 Å². The Balaban J connectivity index is 2.33. The van der Waals surface area contributed by atoms with Crippen molar-refractivity contribution in [2.45, 2.75) is 26.9 Å². The zero-order valence-corrected chi connectivity index (χ0v) is 15.7. The molecule has 0 aliphatic rings. The first kappa shape index (κ1) is 18.4. The second kappa shape index (κ2) is 7.47. The highest BCUT2D eigenvalue weighted by Crippen LogP contribution is 2.24. The van der Waals surface area contributed by atoms with Crippen LogP contribution in [0.1, 0.15) is 13.8 Å². The maximum atomic E-state index is 12.5. The summed E-state index contributed by atoms with van der Waals surface area (Å²) < 4.78 is 8.49. The molecule has 3 aromatic rings. The molecule has 0 fully saturated rings. The number of hydrogen-bond donors (Lipinski definition) is 1. The van der Waals surface area contributed by atoms with E-state index in [9.17, 15) is 9.59 Å². The number of aromatic nitrogens is 4. The molecule has 7 nitrogen and oxygen atoms in total. The standard InChI is InChI=1S/C18H21ClN4O3/c1-11(2)10-23-16-14(17(24)21-18(23)25)22(8-9-26-3)15(20-16)12-4-6-13(19)7-5-12/h4-7,11H,8-10H2,1-3H3,(H,21,24,25). The van der Waals surface area contributed by atoms with Crippen molar-refractivity contribution in [2.24, 2.45) is 5.92 Å². The predicted octanol–water partition coefficient (Wildman–Crippen LogP) is 2.51.